The predicted octanol–water partition coefficient (Wildman–Crippen LogP) is 7.17. The lowest BCUT2D eigenvalue weighted by atomic mass is 9.98. The second kappa shape index (κ2) is 14.8. The number of ether oxygens (including phenoxy) is 2. The third-order valence-corrected chi connectivity index (χ3v) is 9.42. The first kappa shape index (κ1) is 37.8. The quantitative estimate of drug-likeness (QED) is 0.144. The highest BCUT2D eigenvalue weighted by molar-refractivity contribution is 7.92. The Balaban J connectivity index is 1.82. The fraction of sp³-hybridized carbons (Fsp3) is 0.308. The van der Waals surface area contributed by atoms with Gasteiger partial charge < -0.3 is 15.2 Å². The number of hydrogen-bond acceptors (Lipinski definition) is 8. The van der Waals surface area contributed by atoms with Crippen LogP contribution in [0.1, 0.15) is 65.3 Å². The molecule has 1 heterocycles. The Morgan fingerprint density at radius 1 is 0.840 bits per heavy atom. The molecule has 11 heteroatoms. The average molecular weight is 700 g/mol. The second-order valence-electron chi connectivity index (χ2n) is 13.7. The van der Waals surface area contributed by atoms with Gasteiger partial charge in [0.25, 0.3) is 0 Å². The number of halogens is 1. The number of sulfone groups is 1. The number of carbonyl (C=O) groups excluding carboxylic acids is 2. The summed E-state index contributed by atoms with van der Waals surface area (Å²) in [6, 6.07) is 23.8. The lowest BCUT2D eigenvalue weighted by molar-refractivity contribution is -0.153. The van der Waals surface area contributed by atoms with Crippen LogP contribution in [0, 0.1) is 17.7 Å². The molecule has 4 rings (SSSR count). The SMILES string of the molecule is CC#Cc1cccc(-c2ccc(CC(N)(c3cccc(N(CC(=O)OC(C)(C)C)C(=O)OC(C)(C)C)n3)S(=O)(=O)c3cccc(F)c3)cc2)c1. The number of anilines is 1. The third kappa shape index (κ3) is 9.34. The monoisotopic (exact) mass is 699 g/mol. The number of pyridine rings is 1. The first-order chi connectivity index (χ1) is 23.3. The molecule has 0 aliphatic heterocycles. The van der Waals surface area contributed by atoms with Crippen molar-refractivity contribution in [2.24, 2.45) is 5.73 Å². The van der Waals surface area contributed by atoms with Crippen molar-refractivity contribution < 1.29 is 31.9 Å². The van der Waals surface area contributed by atoms with Gasteiger partial charge in [0, 0.05) is 12.0 Å². The van der Waals surface area contributed by atoms with E-state index >= 15 is 0 Å². The van der Waals surface area contributed by atoms with Gasteiger partial charge in [-0.15, -0.1) is 5.92 Å². The van der Waals surface area contributed by atoms with Crippen LogP contribution in [0.3, 0.4) is 0 Å². The number of nitrogens with zero attached hydrogens (tertiary/aromatic N) is 2. The van der Waals surface area contributed by atoms with Gasteiger partial charge in [0.15, 0.2) is 4.87 Å². The zero-order chi connectivity index (χ0) is 36.9. The van der Waals surface area contributed by atoms with Crippen molar-refractivity contribution in [1.82, 2.24) is 4.98 Å². The standard InChI is InChI=1S/C39H42FN3O6S/c1-8-12-27-13-9-14-30(23-27)29-21-19-28(20-22-29)25-39(41,50(46,47)32-16-10-15-31(40)24-32)33-17-11-18-34(42-33)43(36(45)49-38(5,6)7)26-35(44)48-37(2,3)4/h9-11,13-24H,25-26,41H2,1-7H3. The summed E-state index contributed by atoms with van der Waals surface area (Å²) in [7, 11) is -4.55. The van der Waals surface area contributed by atoms with E-state index in [-0.39, 0.29) is 22.8 Å². The molecular formula is C39H42FN3O6S. The number of aromatic nitrogens is 1. The van der Waals surface area contributed by atoms with Gasteiger partial charge in [-0.25, -0.2) is 22.6 Å². The van der Waals surface area contributed by atoms with Crippen LogP contribution in [-0.2, 0) is 35.4 Å². The number of esters is 1. The third-order valence-electron chi connectivity index (χ3n) is 7.24. The Hall–Kier alpha value is -5.05. The van der Waals surface area contributed by atoms with E-state index in [2.05, 4.69) is 16.8 Å². The lowest BCUT2D eigenvalue weighted by Gasteiger charge is -2.31. The molecule has 1 atom stereocenters. The highest BCUT2D eigenvalue weighted by Gasteiger charge is 2.45. The molecule has 50 heavy (non-hydrogen) atoms. The van der Waals surface area contributed by atoms with Gasteiger partial charge in [-0.2, -0.15) is 0 Å². The average Bonchev–Trinajstić information content (AvgIpc) is 3.02. The normalized spacial score (nSPS) is 13.0. The summed E-state index contributed by atoms with van der Waals surface area (Å²) in [4.78, 5) is 29.3. The molecule has 1 amide bonds. The highest BCUT2D eigenvalue weighted by atomic mass is 32.2. The Kier molecular flexibility index (Phi) is 11.2. The van der Waals surface area contributed by atoms with Crippen molar-refractivity contribution >= 4 is 27.7 Å². The van der Waals surface area contributed by atoms with E-state index in [4.69, 9.17) is 15.2 Å². The fourth-order valence-corrected chi connectivity index (χ4v) is 6.77. The summed E-state index contributed by atoms with van der Waals surface area (Å²) < 4.78 is 54.2. The van der Waals surface area contributed by atoms with Crippen LogP contribution in [0.5, 0.6) is 0 Å². The number of amides is 1. The van der Waals surface area contributed by atoms with Crippen LogP contribution in [0.4, 0.5) is 15.0 Å². The molecule has 0 aliphatic carbocycles. The predicted molar refractivity (Wildman–Crippen MR) is 191 cm³/mol. The summed E-state index contributed by atoms with van der Waals surface area (Å²) in [6.45, 7) is 11.2. The molecule has 3 aromatic carbocycles. The van der Waals surface area contributed by atoms with E-state index in [0.29, 0.717) is 5.56 Å². The highest BCUT2D eigenvalue weighted by Crippen LogP contribution is 2.35. The van der Waals surface area contributed by atoms with Crippen LogP contribution in [-0.4, -0.2) is 43.2 Å². The molecule has 4 aromatic rings. The molecule has 0 aliphatic rings. The van der Waals surface area contributed by atoms with Crippen LogP contribution in [0.2, 0.25) is 0 Å². The zero-order valence-electron chi connectivity index (χ0n) is 29.3. The molecule has 2 N–H and O–H groups in total. The molecule has 9 nitrogen and oxygen atoms in total. The minimum Gasteiger partial charge on any atom is -0.459 e. The second-order valence-corrected chi connectivity index (χ2v) is 15.9. The van der Waals surface area contributed by atoms with Crippen molar-refractivity contribution in [1.29, 1.82) is 0 Å². The smallest absolute Gasteiger partial charge is 0.416 e. The number of nitrogens with two attached hydrogens (primary N) is 1. The van der Waals surface area contributed by atoms with Crippen LogP contribution >= 0.6 is 0 Å². The molecule has 1 unspecified atom stereocenters. The number of rotatable bonds is 9. The number of benzene rings is 3. The molecule has 1 aromatic heterocycles. The first-order valence-corrected chi connectivity index (χ1v) is 17.4. The van der Waals surface area contributed by atoms with Crippen molar-refractivity contribution in [3.63, 3.8) is 0 Å². The van der Waals surface area contributed by atoms with E-state index in [1.54, 1.807) is 60.6 Å². The largest absolute Gasteiger partial charge is 0.459 e. The van der Waals surface area contributed by atoms with E-state index in [1.165, 1.54) is 30.3 Å². The molecule has 262 valence electrons. The zero-order valence-corrected chi connectivity index (χ0v) is 30.1. The first-order valence-electron chi connectivity index (χ1n) is 15.9. The van der Waals surface area contributed by atoms with Crippen LogP contribution < -0.4 is 10.6 Å². The lowest BCUT2D eigenvalue weighted by Crippen LogP contribution is -2.48. The Labute approximate surface area is 293 Å². The summed E-state index contributed by atoms with van der Waals surface area (Å²) in [5.74, 6) is 4.32. The molecule has 0 saturated carbocycles. The van der Waals surface area contributed by atoms with Crippen molar-refractivity contribution in [3.05, 3.63) is 114 Å². The van der Waals surface area contributed by atoms with Crippen molar-refractivity contribution in [2.45, 2.75) is 75.9 Å². The van der Waals surface area contributed by atoms with Gasteiger partial charge in [0.2, 0.25) is 9.84 Å². The molecule has 0 saturated heterocycles. The topological polar surface area (TPSA) is 129 Å². The Bertz CT molecular complexity index is 2040. The van der Waals surface area contributed by atoms with Gasteiger partial charge in [-0.3, -0.25) is 9.69 Å². The van der Waals surface area contributed by atoms with E-state index in [0.717, 1.165) is 33.7 Å². The Morgan fingerprint density at radius 2 is 1.48 bits per heavy atom. The molecular weight excluding hydrogens is 658 g/mol. The molecule has 0 radical (unpaired) electrons. The van der Waals surface area contributed by atoms with Gasteiger partial charge in [-0.1, -0.05) is 54.5 Å². The van der Waals surface area contributed by atoms with Crippen LogP contribution in [0.15, 0.2) is 95.9 Å². The number of carbonyl (C=O) groups is 2. The minimum atomic E-state index is -4.55. The van der Waals surface area contributed by atoms with E-state index in [1.807, 2.05) is 36.4 Å². The van der Waals surface area contributed by atoms with Gasteiger partial charge in [0.05, 0.1) is 10.6 Å². The van der Waals surface area contributed by atoms with Gasteiger partial charge >= 0.3 is 12.1 Å². The van der Waals surface area contributed by atoms with Crippen molar-refractivity contribution in [2.75, 3.05) is 11.4 Å². The summed E-state index contributed by atoms with van der Waals surface area (Å²) in [5.41, 5.74) is 8.20. The maximum atomic E-state index is 14.4. The minimum absolute atomic E-state index is 0.0997. The fourth-order valence-electron chi connectivity index (χ4n) is 5.08. The summed E-state index contributed by atoms with van der Waals surface area (Å²) in [5, 5.41) is 0. The van der Waals surface area contributed by atoms with E-state index in [9.17, 15) is 22.4 Å². The van der Waals surface area contributed by atoms with Crippen LogP contribution in [0.25, 0.3) is 11.1 Å². The van der Waals surface area contributed by atoms with Crippen molar-refractivity contribution in [3.8, 4) is 23.0 Å². The maximum absolute atomic E-state index is 14.4. The van der Waals surface area contributed by atoms with Gasteiger partial charge in [-0.05, 0) is 108 Å². The number of hydrogen-bond donors (Lipinski definition) is 1. The van der Waals surface area contributed by atoms with E-state index < -0.39 is 50.3 Å². The summed E-state index contributed by atoms with van der Waals surface area (Å²) in [6.07, 6.45) is -1.18. The Morgan fingerprint density at radius 3 is 2.10 bits per heavy atom. The summed E-state index contributed by atoms with van der Waals surface area (Å²) >= 11 is 0. The molecule has 0 bridgehead atoms. The maximum Gasteiger partial charge on any atom is 0.416 e. The van der Waals surface area contributed by atoms with Gasteiger partial charge in [0.1, 0.15) is 29.4 Å². The molecule has 0 fully saturated rings. The molecule has 0 spiro atoms.